The van der Waals surface area contributed by atoms with Crippen molar-refractivity contribution in [2.45, 2.75) is 0 Å². The third kappa shape index (κ3) is 1.22. The average molecular weight is 212 g/mol. The number of aromatic carboxylic acids is 1. The fraction of sp³-hybridized carbons (Fsp3) is 0.125. The van der Waals surface area contributed by atoms with Crippen LogP contribution in [0.25, 0.3) is 11.0 Å². The van der Waals surface area contributed by atoms with Gasteiger partial charge in [-0.05, 0) is 6.07 Å². The summed E-state index contributed by atoms with van der Waals surface area (Å²) in [6.07, 6.45) is 1.46. The minimum absolute atomic E-state index is 0.119. The second-order valence-electron chi connectivity index (χ2n) is 2.80. The first-order valence-electron chi connectivity index (χ1n) is 3.81. The lowest BCUT2D eigenvalue weighted by Gasteiger charge is -1.98. The van der Waals surface area contributed by atoms with Gasteiger partial charge in [0.2, 0.25) is 0 Å². The summed E-state index contributed by atoms with van der Waals surface area (Å²) in [7, 11) is 1.68. The van der Waals surface area contributed by atoms with Crippen molar-refractivity contribution in [3.63, 3.8) is 0 Å². The van der Waals surface area contributed by atoms with Crippen LogP contribution < -0.4 is 0 Å². The molecule has 2 aromatic heterocycles. The van der Waals surface area contributed by atoms with Crippen LogP contribution in [0.5, 0.6) is 0 Å². The van der Waals surface area contributed by atoms with E-state index in [1.54, 1.807) is 7.05 Å². The van der Waals surface area contributed by atoms with E-state index in [1.165, 1.54) is 16.9 Å². The van der Waals surface area contributed by atoms with Gasteiger partial charge in [-0.15, -0.1) is 0 Å². The van der Waals surface area contributed by atoms with E-state index in [9.17, 15) is 4.79 Å². The Kier molecular flexibility index (Phi) is 1.89. The molecule has 0 amide bonds. The van der Waals surface area contributed by atoms with Gasteiger partial charge in [0.15, 0.2) is 5.65 Å². The maximum Gasteiger partial charge on any atom is 0.336 e. The van der Waals surface area contributed by atoms with E-state index in [4.69, 9.17) is 16.7 Å². The largest absolute Gasteiger partial charge is 0.478 e. The quantitative estimate of drug-likeness (QED) is 0.723. The molecule has 5 nitrogen and oxygen atoms in total. The van der Waals surface area contributed by atoms with Gasteiger partial charge in [0, 0.05) is 7.05 Å². The standard InChI is InChI=1S/C8H6ClN3O2/c1-12-7-5(3-10-12)4(8(13)14)2-6(9)11-7/h2-3H,1H3,(H,13,14). The maximum atomic E-state index is 10.9. The van der Waals surface area contributed by atoms with Gasteiger partial charge in [0.25, 0.3) is 0 Å². The molecule has 0 saturated heterocycles. The highest BCUT2D eigenvalue weighted by Crippen LogP contribution is 2.19. The molecule has 2 aromatic rings. The first-order valence-corrected chi connectivity index (χ1v) is 4.19. The average Bonchev–Trinajstić information content (AvgIpc) is 2.47. The molecule has 0 spiro atoms. The summed E-state index contributed by atoms with van der Waals surface area (Å²) in [6, 6.07) is 1.31. The van der Waals surface area contributed by atoms with E-state index >= 15 is 0 Å². The van der Waals surface area contributed by atoms with Crippen molar-refractivity contribution in [2.75, 3.05) is 0 Å². The summed E-state index contributed by atoms with van der Waals surface area (Å²) >= 11 is 5.68. The molecule has 0 fully saturated rings. The zero-order valence-electron chi connectivity index (χ0n) is 7.23. The number of aromatic nitrogens is 3. The Hall–Kier alpha value is -1.62. The van der Waals surface area contributed by atoms with E-state index in [0.29, 0.717) is 11.0 Å². The molecule has 72 valence electrons. The van der Waals surface area contributed by atoms with Gasteiger partial charge >= 0.3 is 5.97 Å². The predicted octanol–water partition coefficient (Wildman–Crippen LogP) is 1.32. The van der Waals surface area contributed by atoms with Gasteiger partial charge in [-0.1, -0.05) is 11.6 Å². The molecule has 6 heteroatoms. The summed E-state index contributed by atoms with van der Waals surface area (Å²) in [5.41, 5.74) is 0.586. The van der Waals surface area contributed by atoms with Crippen LogP contribution in [0.15, 0.2) is 12.3 Å². The Morgan fingerprint density at radius 3 is 3.00 bits per heavy atom. The summed E-state index contributed by atoms with van der Waals surface area (Å²) in [5.74, 6) is -1.03. The molecular formula is C8H6ClN3O2. The number of nitrogens with zero attached hydrogens (tertiary/aromatic N) is 3. The molecule has 14 heavy (non-hydrogen) atoms. The Balaban J connectivity index is 2.88. The normalized spacial score (nSPS) is 10.7. The van der Waals surface area contributed by atoms with E-state index in [-0.39, 0.29) is 10.7 Å². The van der Waals surface area contributed by atoms with Gasteiger partial charge < -0.3 is 5.11 Å². The third-order valence-electron chi connectivity index (χ3n) is 1.90. The second-order valence-corrected chi connectivity index (χ2v) is 3.19. The van der Waals surface area contributed by atoms with Crippen molar-refractivity contribution in [3.05, 3.63) is 23.0 Å². The summed E-state index contributed by atoms with van der Waals surface area (Å²) < 4.78 is 1.48. The number of hydrogen-bond acceptors (Lipinski definition) is 3. The highest BCUT2D eigenvalue weighted by atomic mass is 35.5. The van der Waals surface area contributed by atoms with Crippen LogP contribution >= 0.6 is 11.6 Å². The Labute approximate surface area is 83.9 Å². The minimum atomic E-state index is -1.03. The topological polar surface area (TPSA) is 68.0 Å². The number of halogens is 1. The third-order valence-corrected chi connectivity index (χ3v) is 2.10. The lowest BCUT2D eigenvalue weighted by molar-refractivity contribution is 0.0699. The molecule has 0 aromatic carbocycles. The van der Waals surface area contributed by atoms with Gasteiger partial charge in [0.05, 0.1) is 17.1 Å². The van der Waals surface area contributed by atoms with Crippen LogP contribution in [-0.4, -0.2) is 25.8 Å². The van der Waals surface area contributed by atoms with Gasteiger partial charge in [-0.25, -0.2) is 9.78 Å². The van der Waals surface area contributed by atoms with Crippen molar-refractivity contribution in [2.24, 2.45) is 7.05 Å². The van der Waals surface area contributed by atoms with E-state index in [1.807, 2.05) is 0 Å². The van der Waals surface area contributed by atoms with Crippen molar-refractivity contribution in [3.8, 4) is 0 Å². The number of rotatable bonds is 1. The monoisotopic (exact) mass is 211 g/mol. The van der Waals surface area contributed by atoms with Crippen LogP contribution in [0, 0.1) is 0 Å². The lowest BCUT2D eigenvalue weighted by atomic mass is 10.2. The van der Waals surface area contributed by atoms with Crippen molar-refractivity contribution >= 4 is 28.6 Å². The Morgan fingerprint density at radius 2 is 2.36 bits per heavy atom. The highest BCUT2D eigenvalue weighted by Gasteiger charge is 2.13. The number of carbonyl (C=O) groups is 1. The van der Waals surface area contributed by atoms with Crippen molar-refractivity contribution in [1.29, 1.82) is 0 Å². The molecule has 2 heterocycles. The summed E-state index contributed by atoms with van der Waals surface area (Å²) in [5, 5.41) is 13.4. The van der Waals surface area contributed by atoms with Crippen LogP contribution in [0.4, 0.5) is 0 Å². The molecule has 0 aliphatic heterocycles. The number of carboxylic acid groups (broad SMARTS) is 1. The fourth-order valence-electron chi connectivity index (χ4n) is 1.26. The molecule has 0 saturated carbocycles. The first-order chi connectivity index (χ1) is 6.59. The van der Waals surface area contributed by atoms with Crippen molar-refractivity contribution < 1.29 is 9.90 Å². The molecule has 0 radical (unpaired) electrons. The molecule has 0 aliphatic carbocycles. The predicted molar refractivity (Wildman–Crippen MR) is 50.5 cm³/mol. The number of carboxylic acids is 1. The fourth-order valence-corrected chi connectivity index (χ4v) is 1.45. The van der Waals surface area contributed by atoms with E-state index < -0.39 is 5.97 Å². The number of aryl methyl sites for hydroxylation is 1. The first kappa shape index (κ1) is 8.96. The Bertz CT molecular complexity index is 521. The van der Waals surface area contributed by atoms with Gasteiger partial charge in [0.1, 0.15) is 5.15 Å². The highest BCUT2D eigenvalue weighted by molar-refractivity contribution is 6.30. The van der Waals surface area contributed by atoms with E-state index in [0.717, 1.165) is 0 Å². The summed E-state index contributed by atoms with van der Waals surface area (Å²) in [4.78, 5) is 14.8. The number of fused-ring (bicyclic) bond motifs is 1. The summed E-state index contributed by atoms with van der Waals surface area (Å²) in [6.45, 7) is 0. The SMILES string of the molecule is Cn1ncc2c(C(=O)O)cc(Cl)nc21. The van der Waals surface area contributed by atoms with Crippen LogP contribution in [-0.2, 0) is 7.05 Å². The molecule has 2 rings (SSSR count). The smallest absolute Gasteiger partial charge is 0.336 e. The molecule has 0 aliphatic rings. The molecule has 0 atom stereocenters. The van der Waals surface area contributed by atoms with Crippen molar-refractivity contribution in [1.82, 2.24) is 14.8 Å². The molecule has 0 bridgehead atoms. The van der Waals surface area contributed by atoms with Gasteiger partial charge in [-0.2, -0.15) is 5.10 Å². The van der Waals surface area contributed by atoms with E-state index in [2.05, 4.69) is 10.1 Å². The lowest BCUT2D eigenvalue weighted by Crippen LogP contribution is -1.99. The van der Waals surface area contributed by atoms with Gasteiger partial charge in [-0.3, -0.25) is 4.68 Å². The maximum absolute atomic E-state index is 10.9. The van der Waals surface area contributed by atoms with Crippen LogP contribution in [0.1, 0.15) is 10.4 Å². The zero-order chi connectivity index (χ0) is 10.3. The second kappa shape index (κ2) is 2.95. The zero-order valence-corrected chi connectivity index (χ0v) is 7.99. The molecule has 0 unspecified atom stereocenters. The Morgan fingerprint density at radius 1 is 1.64 bits per heavy atom. The molecular weight excluding hydrogens is 206 g/mol. The number of hydrogen-bond donors (Lipinski definition) is 1. The van der Waals surface area contributed by atoms with Crippen LogP contribution in [0.3, 0.4) is 0 Å². The minimum Gasteiger partial charge on any atom is -0.478 e. The number of pyridine rings is 1. The molecule has 1 N–H and O–H groups in total. The van der Waals surface area contributed by atoms with Crippen LogP contribution in [0.2, 0.25) is 5.15 Å².